The summed E-state index contributed by atoms with van der Waals surface area (Å²) in [6.07, 6.45) is 0. The second kappa shape index (κ2) is 5.51. The Morgan fingerprint density at radius 2 is 2.18 bits per heavy atom. The molecular weight excluding hydrogens is 241 g/mol. The molecule has 0 unspecified atom stereocenters. The van der Waals surface area contributed by atoms with Gasteiger partial charge in [-0.1, -0.05) is 0 Å². The van der Waals surface area contributed by atoms with Crippen LogP contribution in [-0.4, -0.2) is 25.2 Å². The lowest BCUT2D eigenvalue weighted by Crippen LogP contribution is -2.39. The maximum Gasteiger partial charge on any atom is 0.251 e. The number of ether oxygens (including phenoxy) is 1. The lowest BCUT2D eigenvalue weighted by atomic mass is 10.1. The minimum absolute atomic E-state index is 0.156. The van der Waals surface area contributed by atoms with E-state index in [4.69, 9.17) is 4.74 Å². The van der Waals surface area contributed by atoms with Crippen molar-refractivity contribution in [1.82, 2.24) is 5.32 Å². The Labute approximate surface area is 106 Å². The van der Waals surface area contributed by atoms with E-state index in [0.29, 0.717) is 12.1 Å². The predicted octanol–water partition coefficient (Wildman–Crippen LogP) is 2.27. The fourth-order valence-corrected chi connectivity index (χ4v) is 1.33. The van der Waals surface area contributed by atoms with E-state index in [-0.39, 0.29) is 10.8 Å². The fraction of sp³-hybridized carbons (Fsp3) is 0.417. The van der Waals surface area contributed by atoms with E-state index in [1.807, 2.05) is 13.8 Å². The van der Waals surface area contributed by atoms with Gasteiger partial charge >= 0.3 is 0 Å². The summed E-state index contributed by atoms with van der Waals surface area (Å²) in [5.74, 6) is -0.715. The molecule has 0 spiro atoms. The van der Waals surface area contributed by atoms with E-state index in [1.54, 1.807) is 7.11 Å². The lowest BCUT2D eigenvalue weighted by Gasteiger charge is -2.23. The summed E-state index contributed by atoms with van der Waals surface area (Å²) >= 11 is 3.93. The van der Waals surface area contributed by atoms with Crippen LogP contribution in [-0.2, 0) is 4.74 Å². The van der Waals surface area contributed by atoms with Crippen molar-refractivity contribution in [3.05, 3.63) is 29.6 Å². The van der Waals surface area contributed by atoms with Crippen LogP contribution in [0.5, 0.6) is 0 Å². The van der Waals surface area contributed by atoms with Crippen LogP contribution in [0.1, 0.15) is 24.2 Å². The quantitative estimate of drug-likeness (QED) is 0.812. The van der Waals surface area contributed by atoms with Gasteiger partial charge in [0.2, 0.25) is 0 Å². The molecule has 1 rings (SSSR count). The van der Waals surface area contributed by atoms with Crippen molar-refractivity contribution in [1.29, 1.82) is 0 Å². The van der Waals surface area contributed by atoms with Crippen molar-refractivity contribution in [2.45, 2.75) is 24.3 Å². The van der Waals surface area contributed by atoms with Crippen LogP contribution in [0.25, 0.3) is 0 Å². The summed E-state index contributed by atoms with van der Waals surface area (Å²) in [5, 5.41) is 2.72. The first-order valence-corrected chi connectivity index (χ1v) is 5.62. The Kier molecular flexibility index (Phi) is 4.54. The molecule has 0 radical (unpaired) electrons. The average Bonchev–Trinajstić information content (AvgIpc) is 2.30. The van der Waals surface area contributed by atoms with Gasteiger partial charge in [0.1, 0.15) is 5.82 Å². The third-order valence-electron chi connectivity index (χ3n) is 2.44. The van der Waals surface area contributed by atoms with Crippen molar-refractivity contribution in [2.75, 3.05) is 13.7 Å². The molecule has 0 aromatic heterocycles. The van der Waals surface area contributed by atoms with Gasteiger partial charge in [0, 0.05) is 24.1 Å². The van der Waals surface area contributed by atoms with Crippen LogP contribution < -0.4 is 5.32 Å². The summed E-state index contributed by atoms with van der Waals surface area (Å²) in [7, 11) is 1.58. The van der Waals surface area contributed by atoms with Crippen molar-refractivity contribution in [2.24, 2.45) is 0 Å². The number of thiol groups is 1. The Balaban J connectivity index is 2.68. The van der Waals surface area contributed by atoms with E-state index in [0.717, 1.165) is 0 Å². The minimum Gasteiger partial charge on any atom is -0.377 e. The first kappa shape index (κ1) is 14.0. The third-order valence-corrected chi connectivity index (χ3v) is 2.78. The summed E-state index contributed by atoms with van der Waals surface area (Å²) in [6.45, 7) is 4.10. The van der Waals surface area contributed by atoms with Gasteiger partial charge in [-0.3, -0.25) is 4.79 Å². The number of hydrogen-bond acceptors (Lipinski definition) is 3. The van der Waals surface area contributed by atoms with Crippen molar-refractivity contribution in [3.63, 3.8) is 0 Å². The SMILES string of the molecule is COC(C)(C)CNC(=O)c1ccc(F)c(S)c1. The molecule has 1 N–H and O–H groups in total. The van der Waals surface area contributed by atoms with E-state index >= 15 is 0 Å². The lowest BCUT2D eigenvalue weighted by molar-refractivity contribution is 0.0228. The number of nitrogens with one attached hydrogen (secondary N) is 1. The highest BCUT2D eigenvalue weighted by Gasteiger charge is 2.18. The minimum atomic E-state index is -0.442. The van der Waals surface area contributed by atoms with Gasteiger partial charge in [0.25, 0.3) is 5.91 Å². The largest absolute Gasteiger partial charge is 0.377 e. The molecule has 0 saturated heterocycles. The monoisotopic (exact) mass is 257 g/mol. The Morgan fingerprint density at radius 1 is 1.53 bits per heavy atom. The van der Waals surface area contributed by atoms with E-state index in [9.17, 15) is 9.18 Å². The van der Waals surface area contributed by atoms with Crippen LogP contribution in [0.4, 0.5) is 4.39 Å². The predicted molar refractivity (Wildman–Crippen MR) is 67.1 cm³/mol. The molecule has 94 valence electrons. The number of benzene rings is 1. The van der Waals surface area contributed by atoms with Crippen molar-refractivity contribution >= 4 is 18.5 Å². The highest BCUT2D eigenvalue weighted by Crippen LogP contribution is 2.14. The van der Waals surface area contributed by atoms with Crippen LogP contribution in [0.3, 0.4) is 0 Å². The number of rotatable bonds is 4. The van der Waals surface area contributed by atoms with Gasteiger partial charge in [0.05, 0.1) is 5.60 Å². The number of carbonyl (C=O) groups excluding carboxylic acids is 1. The smallest absolute Gasteiger partial charge is 0.251 e. The summed E-state index contributed by atoms with van der Waals surface area (Å²) in [6, 6.07) is 4.04. The maximum absolute atomic E-state index is 13.0. The molecule has 0 fully saturated rings. The highest BCUT2D eigenvalue weighted by molar-refractivity contribution is 7.80. The zero-order valence-corrected chi connectivity index (χ0v) is 11.0. The second-order valence-corrected chi connectivity index (χ2v) is 4.79. The maximum atomic E-state index is 13.0. The number of amides is 1. The third kappa shape index (κ3) is 4.02. The van der Waals surface area contributed by atoms with Crippen LogP contribution >= 0.6 is 12.6 Å². The summed E-state index contributed by atoms with van der Waals surface area (Å²) in [5.41, 5.74) is -0.0530. The van der Waals surface area contributed by atoms with Gasteiger partial charge in [-0.15, -0.1) is 12.6 Å². The first-order valence-electron chi connectivity index (χ1n) is 5.17. The van der Waals surface area contributed by atoms with Gasteiger partial charge in [-0.2, -0.15) is 0 Å². The first-order chi connectivity index (χ1) is 7.85. The number of halogens is 1. The molecular formula is C12H16FNO2S. The molecule has 0 aliphatic heterocycles. The molecule has 3 nitrogen and oxygen atoms in total. The molecule has 0 aliphatic rings. The van der Waals surface area contributed by atoms with Gasteiger partial charge < -0.3 is 10.1 Å². The number of carbonyl (C=O) groups is 1. The molecule has 0 atom stereocenters. The summed E-state index contributed by atoms with van der Waals surface area (Å²) in [4.78, 5) is 11.9. The van der Waals surface area contributed by atoms with Crippen LogP contribution in [0.15, 0.2) is 23.1 Å². The molecule has 1 aromatic carbocycles. The van der Waals surface area contributed by atoms with Crippen molar-refractivity contribution < 1.29 is 13.9 Å². The van der Waals surface area contributed by atoms with E-state index < -0.39 is 11.4 Å². The molecule has 0 aliphatic carbocycles. The van der Waals surface area contributed by atoms with Gasteiger partial charge in [0.15, 0.2) is 0 Å². The second-order valence-electron chi connectivity index (χ2n) is 4.31. The topological polar surface area (TPSA) is 38.3 Å². The van der Waals surface area contributed by atoms with E-state index in [1.165, 1.54) is 18.2 Å². The Hall–Kier alpha value is -1.07. The molecule has 1 aromatic rings. The van der Waals surface area contributed by atoms with Crippen molar-refractivity contribution in [3.8, 4) is 0 Å². The standard InChI is InChI=1S/C12H16FNO2S/c1-12(2,16-3)7-14-11(15)8-4-5-9(13)10(17)6-8/h4-6,17H,7H2,1-3H3,(H,14,15). The summed E-state index contributed by atoms with van der Waals surface area (Å²) < 4.78 is 18.1. The highest BCUT2D eigenvalue weighted by atomic mass is 32.1. The van der Waals surface area contributed by atoms with Crippen LogP contribution in [0.2, 0.25) is 0 Å². The number of hydrogen-bond donors (Lipinski definition) is 2. The molecule has 5 heteroatoms. The Morgan fingerprint density at radius 3 is 2.71 bits per heavy atom. The number of methoxy groups -OCH3 is 1. The zero-order valence-electron chi connectivity index (χ0n) is 10.1. The molecule has 0 saturated carbocycles. The molecule has 0 heterocycles. The molecule has 1 amide bonds. The van der Waals surface area contributed by atoms with Gasteiger partial charge in [-0.05, 0) is 32.0 Å². The molecule has 17 heavy (non-hydrogen) atoms. The van der Waals surface area contributed by atoms with E-state index in [2.05, 4.69) is 17.9 Å². The fourth-order valence-electron chi connectivity index (χ4n) is 1.12. The Bertz CT molecular complexity index is 421. The van der Waals surface area contributed by atoms with Crippen LogP contribution in [0, 0.1) is 5.82 Å². The van der Waals surface area contributed by atoms with Gasteiger partial charge in [-0.25, -0.2) is 4.39 Å². The normalized spacial score (nSPS) is 11.4. The average molecular weight is 257 g/mol. The molecule has 0 bridgehead atoms. The zero-order chi connectivity index (χ0) is 13.1.